The molecule has 0 fully saturated rings. The number of methoxy groups -OCH3 is 1. The van der Waals surface area contributed by atoms with Crippen molar-refractivity contribution in [2.75, 3.05) is 25.6 Å². The van der Waals surface area contributed by atoms with Gasteiger partial charge in [0.1, 0.15) is 12.2 Å². The number of nitrogens with one attached hydrogen (secondary N) is 1. The van der Waals surface area contributed by atoms with Crippen molar-refractivity contribution in [3.63, 3.8) is 0 Å². The average Bonchev–Trinajstić information content (AvgIpc) is 2.89. The van der Waals surface area contributed by atoms with Crippen LogP contribution in [0.3, 0.4) is 0 Å². The fourth-order valence-electron chi connectivity index (χ4n) is 2.31. The van der Waals surface area contributed by atoms with E-state index in [0.717, 1.165) is 0 Å². The van der Waals surface area contributed by atoms with Gasteiger partial charge in [-0.2, -0.15) is 0 Å². The molecule has 0 saturated heterocycles. The van der Waals surface area contributed by atoms with Crippen molar-refractivity contribution in [1.82, 2.24) is 9.55 Å². The number of aryl methyl sites for hydroxylation is 1. The van der Waals surface area contributed by atoms with E-state index in [1.165, 1.54) is 4.57 Å². The van der Waals surface area contributed by atoms with Crippen molar-refractivity contribution in [3.05, 3.63) is 52.6 Å². The van der Waals surface area contributed by atoms with Gasteiger partial charge in [-0.05, 0) is 24.3 Å². The summed E-state index contributed by atoms with van der Waals surface area (Å²) >= 11 is 0. The van der Waals surface area contributed by atoms with E-state index in [1.807, 2.05) is 0 Å². The predicted molar refractivity (Wildman–Crippen MR) is 91.0 cm³/mol. The van der Waals surface area contributed by atoms with Gasteiger partial charge in [-0.15, -0.1) is 0 Å². The molecule has 25 heavy (non-hydrogen) atoms. The maximum absolute atomic E-state index is 12.5. The number of fused-ring (bicyclic) bond motifs is 1. The topological polar surface area (TPSA) is 95.6 Å². The maximum Gasteiger partial charge on any atom is 0.419 e. The van der Waals surface area contributed by atoms with Gasteiger partial charge in [-0.25, -0.2) is 9.78 Å². The van der Waals surface area contributed by atoms with Gasteiger partial charge in [0.05, 0.1) is 12.1 Å². The van der Waals surface area contributed by atoms with Crippen LogP contribution in [-0.4, -0.2) is 35.8 Å². The standard InChI is InChI=1S/C17H17N3O5/c1-20-13-6-5-11(10-14(13)25-17(20)22)19-15(21)12-4-3-7-18-16(12)24-9-8-23-2/h3-7,10H,8-9H2,1-2H3,(H,19,21). The number of oxazole rings is 1. The highest BCUT2D eigenvalue weighted by Crippen LogP contribution is 2.20. The van der Waals surface area contributed by atoms with Gasteiger partial charge in [0.15, 0.2) is 5.58 Å². The third kappa shape index (κ3) is 3.53. The lowest BCUT2D eigenvalue weighted by atomic mass is 10.2. The highest BCUT2D eigenvalue weighted by atomic mass is 16.5. The van der Waals surface area contributed by atoms with Crippen LogP contribution in [0.5, 0.6) is 5.88 Å². The molecule has 0 radical (unpaired) electrons. The first kappa shape index (κ1) is 16.7. The molecular formula is C17H17N3O5. The number of aromatic nitrogens is 2. The van der Waals surface area contributed by atoms with Crippen LogP contribution >= 0.6 is 0 Å². The first-order valence-electron chi connectivity index (χ1n) is 7.58. The Morgan fingerprint density at radius 1 is 1.32 bits per heavy atom. The molecule has 0 aliphatic heterocycles. The van der Waals surface area contributed by atoms with Crippen LogP contribution in [-0.2, 0) is 11.8 Å². The summed E-state index contributed by atoms with van der Waals surface area (Å²) < 4.78 is 16.9. The van der Waals surface area contributed by atoms with Crippen molar-refractivity contribution in [2.24, 2.45) is 7.05 Å². The predicted octanol–water partition coefficient (Wildman–Crippen LogP) is 1.80. The Balaban J connectivity index is 1.81. The molecule has 3 aromatic rings. The molecule has 2 heterocycles. The van der Waals surface area contributed by atoms with Crippen LogP contribution in [0.15, 0.2) is 45.7 Å². The lowest BCUT2D eigenvalue weighted by Gasteiger charge is -2.10. The largest absolute Gasteiger partial charge is 0.475 e. The van der Waals surface area contributed by atoms with Crippen molar-refractivity contribution in [2.45, 2.75) is 0 Å². The number of anilines is 1. The second-order valence-corrected chi connectivity index (χ2v) is 5.26. The van der Waals surface area contributed by atoms with Crippen molar-refractivity contribution in [3.8, 4) is 5.88 Å². The molecule has 0 spiro atoms. The Labute approximate surface area is 143 Å². The maximum atomic E-state index is 12.5. The average molecular weight is 343 g/mol. The highest BCUT2D eigenvalue weighted by Gasteiger charge is 2.15. The SMILES string of the molecule is COCCOc1ncccc1C(=O)Nc1ccc2c(c1)oc(=O)n2C. The van der Waals surface area contributed by atoms with Crippen LogP contribution in [0.1, 0.15) is 10.4 Å². The molecule has 0 aliphatic carbocycles. The van der Waals surface area contributed by atoms with Crippen molar-refractivity contribution >= 4 is 22.7 Å². The van der Waals surface area contributed by atoms with E-state index in [9.17, 15) is 9.59 Å². The summed E-state index contributed by atoms with van der Waals surface area (Å²) in [7, 11) is 3.18. The van der Waals surface area contributed by atoms with Crippen molar-refractivity contribution in [1.29, 1.82) is 0 Å². The number of benzene rings is 1. The molecule has 0 saturated carbocycles. The molecule has 0 aliphatic rings. The van der Waals surface area contributed by atoms with Crippen LogP contribution in [0.25, 0.3) is 11.1 Å². The van der Waals surface area contributed by atoms with Gasteiger partial charge in [0, 0.05) is 32.1 Å². The second kappa shape index (κ2) is 7.18. The summed E-state index contributed by atoms with van der Waals surface area (Å²) in [4.78, 5) is 28.1. The normalized spacial score (nSPS) is 10.8. The Hall–Kier alpha value is -3.13. The molecule has 130 valence electrons. The number of pyridine rings is 1. The van der Waals surface area contributed by atoms with Gasteiger partial charge >= 0.3 is 5.76 Å². The molecule has 0 bridgehead atoms. The fourth-order valence-corrected chi connectivity index (χ4v) is 2.31. The van der Waals surface area contributed by atoms with Crippen molar-refractivity contribution < 1.29 is 18.7 Å². The smallest absolute Gasteiger partial charge is 0.419 e. The van der Waals surface area contributed by atoms with Crippen LogP contribution < -0.4 is 15.8 Å². The molecule has 3 rings (SSSR count). The minimum atomic E-state index is -0.459. The number of hydrogen-bond acceptors (Lipinski definition) is 6. The zero-order valence-electron chi connectivity index (χ0n) is 13.8. The molecule has 8 heteroatoms. The highest BCUT2D eigenvalue weighted by molar-refractivity contribution is 6.06. The summed E-state index contributed by atoms with van der Waals surface area (Å²) in [5.74, 6) is -0.609. The number of nitrogens with zero attached hydrogens (tertiary/aromatic N) is 2. The van der Waals surface area contributed by atoms with E-state index < -0.39 is 5.76 Å². The van der Waals surface area contributed by atoms with E-state index in [0.29, 0.717) is 29.0 Å². The van der Waals surface area contributed by atoms with E-state index in [1.54, 1.807) is 50.7 Å². The Morgan fingerprint density at radius 2 is 2.16 bits per heavy atom. The summed E-state index contributed by atoms with van der Waals surface area (Å²) in [5.41, 5.74) is 1.84. The lowest BCUT2D eigenvalue weighted by molar-refractivity contribution is 0.101. The molecule has 8 nitrogen and oxygen atoms in total. The number of carbonyl (C=O) groups excluding carboxylic acids is 1. The number of carbonyl (C=O) groups is 1. The van der Waals surface area contributed by atoms with Crippen LogP contribution in [0, 0.1) is 0 Å². The lowest BCUT2D eigenvalue weighted by Crippen LogP contribution is -2.15. The third-order valence-corrected chi connectivity index (χ3v) is 3.59. The number of rotatable bonds is 6. The summed E-state index contributed by atoms with van der Waals surface area (Å²) in [6.07, 6.45) is 1.55. The number of ether oxygens (including phenoxy) is 2. The van der Waals surface area contributed by atoms with Crippen LogP contribution in [0.2, 0.25) is 0 Å². The summed E-state index contributed by atoms with van der Waals surface area (Å²) in [6.45, 7) is 0.677. The van der Waals surface area contributed by atoms with Gasteiger partial charge < -0.3 is 19.2 Å². The first-order chi connectivity index (χ1) is 12.1. The monoisotopic (exact) mass is 343 g/mol. The fraction of sp³-hybridized carbons (Fsp3) is 0.235. The molecule has 1 aromatic carbocycles. The van der Waals surface area contributed by atoms with Gasteiger partial charge in [-0.1, -0.05) is 0 Å². The number of amides is 1. The third-order valence-electron chi connectivity index (χ3n) is 3.59. The molecule has 0 atom stereocenters. The Bertz CT molecular complexity index is 960. The molecule has 2 aromatic heterocycles. The van der Waals surface area contributed by atoms with Gasteiger partial charge in [0.25, 0.3) is 5.91 Å². The van der Waals surface area contributed by atoms with Gasteiger partial charge in [-0.3, -0.25) is 9.36 Å². The summed E-state index contributed by atoms with van der Waals surface area (Å²) in [6, 6.07) is 8.26. The van der Waals surface area contributed by atoms with E-state index in [2.05, 4.69) is 10.3 Å². The minimum absolute atomic E-state index is 0.226. The summed E-state index contributed by atoms with van der Waals surface area (Å²) in [5, 5.41) is 2.75. The molecule has 1 amide bonds. The zero-order valence-corrected chi connectivity index (χ0v) is 13.8. The minimum Gasteiger partial charge on any atom is -0.475 e. The van der Waals surface area contributed by atoms with E-state index in [-0.39, 0.29) is 18.4 Å². The number of hydrogen-bond donors (Lipinski definition) is 1. The first-order valence-corrected chi connectivity index (χ1v) is 7.58. The quantitative estimate of drug-likeness (QED) is 0.686. The Morgan fingerprint density at radius 3 is 2.96 bits per heavy atom. The zero-order chi connectivity index (χ0) is 17.8. The Kier molecular flexibility index (Phi) is 4.80. The second-order valence-electron chi connectivity index (χ2n) is 5.26. The molecule has 0 unspecified atom stereocenters. The molecular weight excluding hydrogens is 326 g/mol. The van der Waals surface area contributed by atoms with Crippen LogP contribution in [0.4, 0.5) is 5.69 Å². The van der Waals surface area contributed by atoms with E-state index in [4.69, 9.17) is 13.9 Å². The van der Waals surface area contributed by atoms with E-state index >= 15 is 0 Å². The van der Waals surface area contributed by atoms with Gasteiger partial charge in [0.2, 0.25) is 5.88 Å². The molecule has 1 N–H and O–H groups in total.